The molecule has 120 valence electrons. The zero-order valence-corrected chi connectivity index (χ0v) is 13.6. The summed E-state index contributed by atoms with van der Waals surface area (Å²) < 4.78 is 25.2. The highest BCUT2D eigenvalue weighted by Crippen LogP contribution is 2.14. The smallest absolute Gasteiger partial charge is 0.267 e. The van der Waals surface area contributed by atoms with Crippen molar-refractivity contribution in [3.05, 3.63) is 65.7 Å². The molecule has 2 rings (SSSR count). The second-order valence-electron chi connectivity index (χ2n) is 4.93. The maximum absolute atomic E-state index is 12.1. The Morgan fingerprint density at radius 3 is 2.43 bits per heavy atom. The molecule has 2 aromatic carbocycles. The highest BCUT2D eigenvalue weighted by molar-refractivity contribution is 7.89. The Morgan fingerprint density at radius 1 is 1.09 bits per heavy atom. The van der Waals surface area contributed by atoms with Gasteiger partial charge in [-0.05, 0) is 23.8 Å². The molecule has 0 unspecified atom stereocenters. The van der Waals surface area contributed by atoms with Crippen LogP contribution in [0.25, 0.3) is 0 Å². The SMILES string of the molecule is CN(C)S(=O)(=O)c1cccc(C(=O)N/N=C\c2ccccc2)c1. The Kier molecular flexibility index (Phi) is 5.25. The fraction of sp³-hybridized carbons (Fsp3) is 0.125. The highest BCUT2D eigenvalue weighted by atomic mass is 32.2. The van der Waals surface area contributed by atoms with Gasteiger partial charge in [-0.25, -0.2) is 18.1 Å². The van der Waals surface area contributed by atoms with Gasteiger partial charge in [0, 0.05) is 19.7 Å². The van der Waals surface area contributed by atoms with Crippen LogP contribution in [0.2, 0.25) is 0 Å². The van der Waals surface area contributed by atoms with Crippen molar-refractivity contribution in [1.82, 2.24) is 9.73 Å². The summed E-state index contributed by atoms with van der Waals surface area (Å²) in [6, 6.07) is 15.1. The average molecular weight is 331 g/mol. The number of carbonyl (C=O) groups excluding carboxylic acids is 1. The van der Waals surface area contributed by atoms with Gasteiger partial charge in [0.1, 0.15) is 0 Å². The molecule has 0 aliphatic carbocycles. The molecule has 1 N–H and O–H groups in total. The Labute approximate surface area is 135 Å². The summed E-state index contributed by atoms with van der Waals surface area (Å²) in [6.07, 6.45) is 1.51. The van der Waals surface area contributed by atoms with E-state index in [1.165, 1.54) is 44.6 Å². The van der Waals surface area contributed by atoms with E-state index in [4.69, 9.17) is 0 Å². The first-order valence-corrected chi connectivity index (χ1v) is 8.26. The molecule has 0 bridgehead atoms. The Bertz CT molecular complexity index is 815. The van der Waals surface area contributed by atoms with Crippen LogP contribution >= 0.6 is 0 Å². The topological polar surface area (TPSA) is 78.8 Å². The predicted molar refractivity (Wildman–Crippen MR) is 88.8 cm³/mol. The first kappa shape index (κ1) is 16.9. The highest BCUT2D eigenvalue weighted by Gasteiger charge is 2.18. The maximum atomic E-state index is 12.1. The van der Waals surface area contributed by atoms with Crippen LogP contribution < -0.4 is 5.43 Å². The molecule has 0 radical (unpaired) electrons. The van der Waals surface area contributed by atoms with E-state index >= 15 is 0 Å². The van der Waals surface area contributed by atoms with Gasteiger partial charge in [0.15, 0.2) is 0 Å². The zero-order valence-electron chi connectivity index (χ0n) is 12.8. The molecule has 0 heterocycles. The van der Waals surface area contributed by atoms with Crippen molar-refractivity contribution >= 4 is 22.1 Å². The van der Waals surface area contributed by atoms with Crippen molar-refractivity contribution in [3.63, 3.8) is 0 Å². The molecule has 0 aromatic heterocycles. The average Bonchev–Trinajstić information content (AvgIpc) is 2.55. The quantitative estimate of drug-likeness (QED) is 0.669. The lowest BCUT2D eigenvalue weighted by molar-refractivity contribution is 0.0955. The zero-order chi connectivity index (χ0) is 16.9. The van der Waals surface area contributed by atoms with Crippen LogP contribution in [-0.2, 0) is 10.0 Å². The van der Waals surface area contributed by atoms with Crippen LogP contribution in [0, 0.1) is 0 Å². The van der Waals surface area contributed by atoms with Crippen molar-refractivity contribution in [3.8, 4) is 0 Å². The van der Waals surface area contributed by atoms with Crippen molar-refractivity contribution in [2.75, 3.05) is 14.1 Å². The number of benzene rings is 2. The summed E-state index contributed by atoms with van der Waals surface area (Å²) in [7, 11) is -0.708. The van der Waals surface area contributed by atoms with Crippen LogP contribution in [-0.4, -0.2) is 38.9 Å². The van der Waals surface area contributed by atoms with Gasteiger partial charge in [0.2, 0.25) is 10.0 Å². The van der Waals surface area contributed by atoms with E-state index in [2.05, 4.69) is 10.5 Å². The monoisotopic (exact) mass is 331 g/mol. The molecule has 1 amide bonds. The summed E-state index contributed by atoms with van der Waals surface area (Å²) in [5.74, 6) is -0.479. The molecule has 0 spiro atoms. The van der Waals surface area contributed by atoms with E-state index in [9.17, 15) is 13.2 Å². The molecule has 6 nitrogen and oxygen atoms in total. The molecule has 23 heavy (non-hydrogen) atoms. The third-order valence-corrected chi connectivity index (χ3v) is 4.87. The molecule has 2 aromatic rings. The summed E-state index contributed by atoms with van der Waals surface area (Å²) >= 11 is 0. The predicted octanol–water partition coefficient (Wildman–Crippen LogP) is 1.70. The second-order valence-corrected chi connectivity index (χ2v) is 7.08. The normalized spacial score (nSPS) is 11.8. The molecule has 0 fully saturated rings. The molecule has 0 saturated heterocycles. The van der Waals surface area contributed by atoms with Crippen molar-refractivity contribution in [2.24, 2.45) is 5.10 Å². The van der Waals surface area contributed by atoms with Gasteiger partial charge in [0.25, 0.3) is 5.91 Å². The molecule has 0 aliphatic rings. The fourth-order valence-electron chi connectivity index (χ4n) is 1.78. The van der Waals surface area contributed by atoms with Crippen LogP contribution in [0.4, 0.5) is 0 Å². The number of rotatable bonds is 5. The van der Waals surface area contributed by atoms with Gasteiger partial charge in [-0.1, -0.05) is 36.4 Å². The third-order valence-electron chi connectivity index (χ3n) is 3.05. The van der Waals surface area contributed by atoms with Crippen LogP contribution in [0.1, 0.15) is 15.9 Å². The Morgan fingerprint density at radius 2 is 1.78 bits per heavy atom. The van der Waals surface area contributed by atoms with Gasteiger partial charge >= 0.3 is 0 Å². The number of hydrogen-bond acceptors (Lipinski definition) is 4. The van der Waals surface area contributed by atoms with Crippen molar-refractivity contribution < 1.29 is 13.2 Å². The largest absolute Gasteiger partial charge is 0.271 e. The molecule has 0 saturated carbocycles. The van der Waals surface area contributed by atoms with Crippen molar-refractivity contribution in [1.29, 1.82) is 0 Å². The number of amides is 1. The van der Waals surface area contributed by atoms with Gasteiger partial charge in [-0.3, -0.25) is 4.79 Å². The summed E-state index contributed by atoms with van der Waals surface area (Å²) in [6.45, 7) is 0. The number of carbonyl (C=O) groups is 1. The maximum Gasteiger partial charge on any atom is 0.271 e. The number of nitrogens with one attached hydrogen (secondary N) is 1. The lowest BCUT2D eigenvalue weighted by Crippen LogP contribution is -2.23. The first-order chi connectivity index (χ1) is 10.9. The summed E-state index contributed by atoms with van der Waals surface area (Å²) in [4.78, 5) is 12.1. The van der Waals surface area contributed by atoms with Gasteiger partial charge in [0.05, 0.1) is 11.1 Å². The molecule has 7 heteroatoms. The van der Waals surface area contributed by atoms with Crippen LogP contribution in [0.5, 0.6) is 0 Å². The van der Waals surface area contributed by atoms with Crippen LogP contribution in [0.15, 0.2) is 64.6 Å². The fourth-order valence-corrected chi connectivity index (χ4v) is 2.73. The standard InChI is InChI=1S/C16H17N3O3S/c1-19(2)23(21,22)15-10-6-9-14(11-15)16(20)18-17-12-13-7-4-3-5-8-13/h3-12H,1-2H3,(H,18,20)/b17-12-. The van der Waals surface area contributed by atoms with E-state index in [1.54, 1.807) is 0 Å². The van der Waals surface area contributed by atoms with Crippen LogP contribution in [0.3, 0.4) is 0 Å². The third kappa shape index (κ3) is 4.24. The Hall–Kier alpha value is -2.51. The first-order valence-electron chi connectivity index (χ1n) is 6.82. The van der Waals surface area contributed by atoms with E-state index in [-0.39, 0.29) is 10.5 Å². The van der Waals surface area contributed by atoms with Gasteiger partial charge in [-0.15, -0.1) is 0 Å². The minimum atomic E-state index is -3.58. The molecular formula is C16H17N3O3S. The summed E-state index contributed by atoms with van der Waals surface area (Å²) in [5, 5.41) is 3.86. The minimum Gasteiger partial charge on any atom is -0.267 e. The van der Waals surface area contributed by atoms with E-state index < -0.39 is 15.9 Å². The van der Waals surface area contributed by atoms with E-state index in [0.717, 1.165) is 9.87 Å². The lowest BCUT2D eigenvalue weighted by atomic mass is 10.2. The van der Waals surface area contributed by atoms with Crippen molar-refractivity contribution in [2.45, 2.75) is 4.90 Å². The number of sulfonamides is 1. The lowest BCUT2D eigenvalue weighted by Gasteiger charge is -2.11. The van der Waals surface area contributed by atoms with E-state index in [0.29, 0.717) is 0 Å². The molecule has 0 aliphatic heterocycles. The molecule has 0 atom stereocenters. The number of nitrogens with zero attached hydrogens (tertiary/aromatic N) is 2. The van der Waals surface area contributed by atoms with E-state index in [1.807, 2.05) is 30.3 Å². The van der Waals surface area contributed by atoms with Gasteiger partial charge < -0.3 is 0 Å². The Balaban J connectivity index is 2.13. The second kappa shape index (κ2) is 7.17. The number of hydrazone groups is 1. The number of hydrogen-bond donors (Lipinski definition) is 1. The minimum absolute atomic E-state index is 0.0576. The van der Waals surface area contributed by atoms with Gasteiger partial charge in [-0.2, -0.15) is 5.10 Å². The molecular weight excluding hydrogens is 314 g/mol. The summed E-state index contributed by atoms with van der Waals surface area (Å²) in [5.41, 5.74) is 3.44.